The van der Waals surface area contributed by atoms with Crippen LogP contribution in [0.5, 0.6) is 0 Å². The topological polar surface area (TPSA) is 72.7 Å². The highest BCUT2D eigenvalue weighted by Crippen LogP contribution is 2.30. The molecule has 0 aromatic rings. The first-order valence-corrected chi connectivity index (χ1v) is 4.10. The summed E-state index contributed by atoms with van der Waals surface area (Å²) in [6.07, 6.45) is -1.76. The lowest BCUT2D eigenvalue weighted by atomic mass is 9.93. The van der Waals surface area contributed by atoms with E-state index < -0.39 is 23.3 Å². The standard InChI is InChI=1S/C8H17NO3/c1-7(2)5(11)6(12)8(3,4-10)9-7/h5-6,9-12H,4H2,1-3H3. The third-order valence-corrected chi connectivity index (χ3v) is 2.63. The Morgan fingerprint density at radius 1 is 1.17 bits per heavy atom. The summed E-state index contributed by atoms with van der Waals surface area (Å²) in [5, 5.41) is 31.2. The van der Waals surface area contributed by atoms with Crippen LogP contribution in [0.4, 0.5) is 0 Å². The molecule has 1 aliphatic rings. The average molecular weight is 175 g/mol. The van der Waals surface area contributed by atoms with Crippen LogP contribution in [0.2, 0.25) is 0 Å². The van der Waals surface area contributed by atoms with Crippen molar-refractivity contribution in [2.75, 3.05) is 6.61 Å². The van der Waals surface area contributed by atoms with Gasteiger partial charge in [0.15, 0.2) is 0 Å². The van der Waals surface area contributed by atoms with Gasteiger partial charge in [-0.2, -0.15) is 0 Å². The number of aliphatic hydroxyl groups is 3. The second-order valence-corrected chi connectivity index (χ2v) is 4.31. The zero-order valence-corrected chi connectivity index (χ0v) is 7.70. The Balaban J connectivity index is 2.88. The summed E-state index contributed by atoms with van der Waals surface area (Å²) in [4.78, 5) is 0. The van der Waals surface area contributed by atoms with Crippen molar-refractivity contribution in [2.24, 2.45) is 0 Å². The van der Waals surface area contributed by atoms with Crippen LogP contribution in [0.3, 0.4) is 0 Å². The van der Waals surface area contributed by atoms with E-state index in [-0.39, 0.29) is 6.61 Å². The van der Waals surface area contributed by atoms with Crippen LogP contribution in [0.1, 0.15) is 20.8 Å². The van der Waals surface area contributed by atoms with Crippen molar-refractivity contribution in [2.45, 2.75) is 44.1 Å². The van der Waals surface area contributed by atoms with Crippen molar-refractivity contribution >= 4 is 0 Å². The normalized spacial score (nSPS) is 46.5. The molecule has 4 N–H and O–H groups in total. The third-order valence-electron chi connectivity index (χ3n) is 2.63. The Labute approximate surface area is 72.2 Å². The zero-order valence-electron chi connectivity index (χ0n) is 7.70. The number of hydrogen-bond donors (Lipinski definition) is 4. The van der Waals surface area contributed by atoms with E-state index in [2.05, 4.69) is 5.32 Å². The lowest BCUT2D eigenvalue weighted by molar-refractivity contribution is -0.0142. The first-order chi connectivity index (χ1) is 5.33. The van der Waals surface area contributed by atoms with Crippen molar-refractivity contribution in [3.05, 3.63) is 0 Å². The molecule has 4 heteroatoms. The summed E-state index contributed by atoms with van der Waals surface area (Å²) in [6, 6.07) is 0. The van der Waals surface area contributed by atoms with E-state index >= 15 is 0 Å². The molecule has 1 fully saturated rings. The summed E-state index contributed by atoms with van der Waals surface area (Å²) < 4.78 is 0. The third kappa shape index (κ3) is 1.25. The van der Waals surface area contributed by atoms with Crippen LogP contribution < -0.4 is 5.32 Å². The van der Waals surface area contributed by atoms with Crippen LogP contribution in [-0.4, -0.2) is 45.2 Å². The van der Waals surface area contributed by atoms with Crippen LogP contribution in [0, 0.1) is 0 Å². The van der Waals surface area contributed by atoms with Gasteiger partial charge in [-0.3, -0.25) is 5.32 Å². The van der Waals surface area contributed by atoms with Crippen molar-refractivity contribution in [1.82, 2.24) is 5.32 Å². The second-order valence-electron chi connectivity index (χ2n) is 4.31. The van der Waals surface area contributed by atoms with Gasteiger partial charge in [0.2, 0.25) is 0 Å². The van der Waals surface area contributed by atoms with Gasteiger partial charge >= 0.3 is 0 Å². The predicted molar refractivity (Wildman–Crippen MR) is 44.7 cm³/mol. The van der Waals surface area contributed by atoms with Crippen LogP contribution in [0.25, 0.3) is 0 Å². The van der Waals surface area contributed by atoms with Crippen molar-refractivity contribution in [3.8, 4) is 0 Å². The van der Waals surface area contributed by atoms with Crippen LogP contribution >= 0.6 is 0 Å². The molecule has 3 unspecified atom stereocenters. The Morgan fingerprint density at radius 2 is 1.67 bits per heavy atom. The van der Waals surface area contributed by atoms with E-state index in [0.717, 1.165) is 0 Å². The lowest BCUT2D eigenvalue weighted by Gasteiger charge is -2.27. The maximum atomic E-state index is 9.58. The fraction of sp³-hybridized carbons (Fsp3) is 1.00. The van der Waals surface area contributed by atoms with E-state index in [1.54, 1.807) is 20.8 Å². The molecule has 0 aromatic heterocycles. The molecule has 0 spiro atoms. The molecule has 4 nitrogen and oxygen atoms in total. The van der Waals surface area contributed by atoms with Crippen molar-refractivity contribution < 1.29 is 15.3 Å². The average Bonchev–Trinajstić information content (AvgIpc) is 2.13. The highest BCUT2D eigenvalue weighted by Gasteiger charge is 2.53. The fourth-order valence-corrected chi connectivity index (χ4v) is 1.76. The molecule has 12 heavy (non-hydrogen) atoms. The van der Waals surface area contributed by atoms with Gasteiger partial charge in [-0.25, -0.2) is 0 Å². The second kappa shape index (κ2) is 2.67. The Hall–Kier alpha value is -0.160. The number of rotatable bonds is 1. The minimum atomic E-state index is -0.919. The first-order valence-electron chi connectivity index (χ1n) is 4.10. The highest BCUT2D eigenvalue weighted by molar-refractivity contribution is 5.11. The quantitative estimate of drug-likeness (QED) is 0.406. The maximum Gasteiger partial charge on any atom is 0.102 e. The van der Waals surface area contributed by atoms with E-state index in [9.17, 15) is 10.2 Å². The fourth-order valence-electron chi connectivity index (χ4n) is 1.76. The summed E-state index contributed by atoms with van der Waals surface area (Å²) in [5.41, 5.74) is -1.33. The molecule has 72 valence electrons. The first kappa shape index (κ1) is 9.92. The van der Waals surface area contributed by atoms with Gasteiger partial charge in [-0.05, 0) is 20.8 Å². The molecule has 0 saturated carbocycles. The van der Waals surface area contributed by atoms with Crippen LogP contribution in [0.15, 0.2) is 0 Å². The minimum Gasteiger partial charge on any atom is -0.394 e. The molecule has 1 saturated heterocycles. The largest absolute Gasteiger partial charge is 0.394 e. The minimum absolute atomic E-state index is 0.186. The molecule has 0 amide bonds. The smallest absolute Gasteiger partial charge is 0.102 e. The van der Waals surface area contributed by atoms with Gasteiger partial charge in [0, 0.05) is 5.54 Å². The summed E-state index contributed by atoms with van der Waals surface area (Å²) in [5.74, 6) is 0. The predicted octanol–water partition coefficient (Wildman–Crippen LogP) is -1.16. The lowest BCUT2D eigenvalue weighted by Crippen LogP contribution is -2.51. The molecule has 1 aliphatic heterocycles. The van der Waals surface area contributed by atoms with Gasteiger partial charge in [0.1, 0.15) is 6.10 Å². The van der Waals surface area contributed by atoms with E-state index in [1.165, 1.54) is 0 Å². The van der Waals surface area contributed by atoms with E-state index in [1.807, 2.05) is 0 Å². The van der Waals surface area contributed by atoms with E-state index in [4.69, 9.17) is 5.11 Å². The zero-order chi connectivity index (χ0) is 9.57. The van der Waals surface area contributed by atoms with Gasteiger partial charge in [-0.1, -0.05) is 0 Å². The Bertz CT molecular complexity index is 183. The molecule has 0 aliphatic carbocycles. The van der Waals surface area contributed by atoms with Gasteiger partial charge in [0.25, 0.3) is 0 Å². The van der Waals surface area contributed by atoms with Gasteiger partial charge < -0.3 is 15.3 Å². The monoisotopic (exact) mass is 175 g/mol. The van der Waals surface area contributed by atoms with E-state index in [0.29, 0.717) is 0 Å². The van der Waals surface area contributed by atoms with Gasteiger partial charge in [0.05, 0.1) is 18.2 Å². The molecule has 3 atom stereocenters. The molecule has 0 aromatic carbocycles. The Morgan fingerprint density at radius 3 is 1.83 bits per heavy atom. The van der Waals surface area contributed by atoms with Crippen molar-refractivity contribution in [1.29, 1.82) is 0 Å². The summed E-state index contributed by atoms with van der Waals surface area (Å²) >= 11 is 0. The molecule has 1 rings (SSSR count). The highest BCUT2D eigenvalue weighted by atomic mass is 16.3. The van der Waals surface area contributed by atoms with Crippen molar-refractivity contribution in [3.63, 3.8) is 0 Å². The Kier molecular flexibility index (Phi) is 2.21. The molecule has 0 radical (unpaired) electrons. The summed E-state index contributed by atoms with van der Waals surface area (Å²) in [6.45, 7) is 5.09. The SMILES string of the molecule is CC1(C)NC(C)(CO)C(O)C1O. The number of nitrogens with one attached hydrogen (secondary N) is 1. The molecular formula is C8H17NO3. The molecule has 1 heterocycles. The molecular weight excluding hydrogens is 158 g/mol. The number of hydrogen-bond acceptors (Lipinski definition) is 4. The van der Waals surface area contributed by atoms with Gasteiger partial charge in [-0.15, -0.1) is 0 Å². The summed E-state index contributed by atoms with van der Waals surface area (Å²) in [7, 11) is 0. The molecule has 0 bridgehead atoms. The maximum absolute atomic E-state index is 9.58. The number of aliphatic hydroxyl groups excluding tert-OH is 3. The van der Waals surface area contributed by atoms with Crippen LogP contribution in [-0.2, 0) is 0 Å².